The van der Waals surface area contributed by atoms with Crippen molar-refractivity contribution in [3.63, 3.8) is 0 Å². The van der Waals surface area contributed by atoms with Gasteiger partial charge in [-0.15, -0.1) is 0 Å². The number of rotatable bonds is 12. The number of amides is 2. The van der Waals surface area contributed by atoms with Gasteiger partial charge < -0.3 is 10.2 Å². The molecule has 34 heavy (non-hydrogen) atoms. The summed E-state index contributed by atoms with van der Waals surface area (Å²) in [5, 5.41) is 3.42. The van der Waals surface area contributed by atoms with Crippen molar-refractivity contribution in [1.82, 2.24) is 10.2 Å². The third-order valence-electron chi connectivity index (χ3n) is 5.66. The van der Waals surface area contributed by atoms with Gasteiger partial charge in [0.2, 0.25) is 21.8 Å². The summed E-state index contributed by atoms with van der Waals surface area (Å²) in [6.45, 7) is 5.60. The summed E-state index contributed by atoms with van der Waals surface area (Å²) in [6.07, 6.45) is 2.76. The average molecular weight is 508 g/mol. The van der Waals surface area contributed by atoms with Crippen molar-refractivity contribution in [2.45, 2.75) is 52.1 Å². The quantitative estimate of drug-likeness (QED) is 0.472. The van der Waals surface area contributed by atoms with E-state index >= 15 is 0 Å². The average Bonchev–Trinajstić information content (AvgIpc) is 2.80. The van der Waals surface area contributed by atoms with Crippen molar-refractivity contribution in [3.8, 4) is 0 Å². The lowest BCUT2D eigenvalue weighted by Crippen LogP contribution is -2.54. The number of nitrogens with zero attached hydrogens (tertiary/aromatic N) is 2. The molecule has 0 aliphatic carbocycles. The van der Waals surface area contributed by atoms with Crippen LogP contribution in [0.3, 0.4) is 0 Å². The standard InChI is InChI=1S/C25H34ClN3O4S/c1-5-19(3)27-25(31)23(6-2)28(17-16-20-10-8-7-9-11-20)24(30)18-29(34(4,32)33)22-14-12-21(26)13-15-22/h7-15,19,23H,5-6,16-18H2,1-4H3,(H,27,31)/t19-,23-/m1/s1. The lowest BCUT2D eigenvalue weighted by Gasteiger charge is -2.33. The Hall–Kier alpha value is -2.58. The summed E-state index contributed by atoms with van der Waals surface area (Å²) in [4.78, 5) is 28.1. The molecule has 2 aromatic carbocycles. The second kappa shape index (κ2) is 12.8. The van der Waals surface area contributed by atoms with E-state index in [0.29, 0.717) is 23.6 Å². The first-order valence-corrected chi connectivity index (χ1v) is 13.7. The van der Waals surface area contributed by atoms with Crippen molar-refractivity contribution < 1.29 is 18.0 Å². The summed E-state index contributed by atoms with van der Waals surface area (Å²) in [5.41, 5.74) is 1.36. The molecule has 0 spiro atoms. The van der Waals surface area contributed by atoms with Crippen LogP contribution in [0.25, 0.3) is 0 Å². The largest absolute Gasteiger partial charge is 0.352 e. The molecular weight excluding hydrogens is 474 g/mol. The van der Waals surface area contributed by atoms with Crippen LogP contribution in [0, 0.1) is 0 Å². The normalized spacial score (nSPS) is 13.1. The smallest absolute Gasteiger partial charge is 0.244 e. The maximum absolute atomic E-state index is 13.5. The maximum Gasteiger partial charge on any atom is 0.244 e. The number of anilines is 1. The first-order chi connectivity index (χ1) is 16.1. The van der Waals surface area contributed by atoms with Crippen LogP contribution in [0.4, 0.5) is 5.69 Å². The van der Waals surface area contributed by atoms with Gasteiger partial charge in [0.25, 0.3) is 0 Å². The molecule has 0 bridgehead atoms. The van der Waals surface area contributed by atoms with Gasteiger partial charge in [0, 0.05) is 17.6 Å². The van der Waals surface area contributed by atoms with Gasteiger partial charge in [-0.1, -0.05) is 55.8 Å². The minimum absolute atomic E-state index is 0.0331. The van der Waals surface area contributed by atoms with E-state index in [1.165, 1.54) is 4.90 Å². The van der Waals surface area contributed by atoms with Crippen LogP contribution in [0.5, 0.6) is 0 Å². The maximum atomic E-state index is 13.5. The number of halogens is 1. The van der Waals surface area contributed by atoms with Crippen LogP contribution >= 0.6 is 11.6 Å². The minimum atomic E-state index is -3.76. The fourth-order valence-electron chi connectivity index (χ4n) is 3.56. The monoisotopic (exact) mass is 507 g/mol. The van der Waals surface area contributed by atoms with E-state index in [-0.39, 0.29) is 18.5 Å². The SMILES string of the molecule is CC[C@@H](C)NC(=O)[C@@H](CC)N(CCc1ccccc1)C(=O)CN(c1ccc(Cl)cc1)S(C)(=O)=O. The van der Waals surface area contributed by atoms with Crippen molar-refractivity contribution >= 4 is 39.1 Å². The topological polar surface area (TPSA) is 86.8 Å². The Balaban J connectivity index is 2.34. The molecule has 0 unspecified atom stereocenters. The molecule has 0 heterocycles. The molecular formula is C25H34ClN3O4S. The summed E-state index contributed by atoms with van der Waals surface area (Å²) in [6, 6.07) is 15.2. The predicted molar refractivity (Wildman–Crippen MR) is 137 cm³/mol. The van der Waals surface area contributed by atoms with Crippen LogP contribution < -0.4 is 9.62 Å². The number of carbonyl (C=O) groups is 2. The Labute approximate surface area is 208 Å². The minimum Gasteiger partial charge on any atom is -0.352 e. The van der Waals surface area contributed by atoms with E-state index in [4.69, 9.17) is 11.6 Å². The van der Waals surface area contributed by atoms with E-state index in [0.717, 1.165) is 22.5 Å². The lowest BCUT2D eigenvalue weighted by atomic mass is 10.1. The molecule has 0 aromatic heterocycles. The number of nitrogens with one attached hydrogen (secondary N) is 1. The molecule has 2 amide bonds. The van der Waals surface area contributed by atoms with Crippen molar-refractivity contribution in [1.29, 1.82) is 0 Å². The molecule has 0 aliphatic heterocycles. The Morgan fingerprint density at radius 3 is 2.15 bits per heavy atom. The first kappa shape index (κ1) is 27.7. The fourth-order valence-corrected chi connectivity index (χ4v) is 4.53. The Morgan fingerprint density at radius 2 is 1.62 bits per heavy atom. The van der Waals surface area contributed by atoms with E-state index in [1.54, 1.807) is 24.3 Å². The lowest BCUT2D eigenvalue weighted by molar-refractivity contribution is -0.139. The molecule has 0 aliphatic rings. The van der Waals surface area contributed by atoms with E-state index in [2.05, 4.69) is 5.32 Å². The van der Waals surface area contributed by atoms with Crippen LogP contribution in [0.1, 0.15) is 39.2 Å². The van der Waals surface area contributed by atoms with Crippen LogP contribution in [0.2, 0.25) is 5.02 Å². The van der Waals surface area contributed by atoms with Crippen molar-refractivity contribution in [2.75, 3.05) is 23.7 Å². The van der Waals surface area contributed by atoms with Crippen LogP contribution in [-0.2, 0) is 26.0 Å². The summed E-state index contributed by atoms with van der Waals surface area (Å²) in [5.74, 6) is -0.682. The zero-order chi connectivity index (χ0) is 25.3. The molecule has 9 heteroatoms. The summed E-state index contributed by atoms with van der Waals surface area (Å²) < 4.78 is 26.2. The van der Waals surface area contributed by atoms with Gasteiger partial charge >= 0.3 is 0 Å². The molecule has 0 radical (unpaired) electrons. The van der Waals surface area contributed by atoms with Crippen molar-refractivity contribution in [3.05, 3.63) is 65.2 Å². The third-order valence-corrected chi connectivity index (χ3v) is 7.06. The van der Waals surface area contributed by atoms with Crippen LogP contribution in [0.15, 0.2) is 54.6 Å². The van der Waals surface area contributed by atoms with Gasteiger partial charge in [0.05, 0.1) is 11.9 Å². The highest BCUT2D eigenvalue weighted by Gasteiger charge is 2.31. The predicted octanol–water partition coefficient (Wildman–Crippen LogP) is 3.87. The zero-order valence-electron chi connectivity index (χ0n) is 20.2. The fraction of sp³-hybridized carbons (Fsp3) is 0.440. The zero-order valence-corrected chi connectivity index (χ0v) is 21.8. The van der Waals surface area contributed by atoms with Gasteiger partial charge in [0.15, 0.2) is 0 Å². The number of sulfonamides is 1. The highest BCUT2D eigenvalue weighted by molar-refractivity contribution is 7.92. The van der Waals surface area contributed by atoms with Gasteiger partial charge in [-0.3, -0.25) is 13.9 Å². The molecule has 2 atom stereocenters. The van der Waals surface area contributed by atoms with Gasteiger partial charge in [-0.25, -0.2) is 8.42 Å². The van der Waals surface area contributed by atoms with Gasteiger partial charge in [-0.05, 0) is 56.0 Å². The number of benzene rings is 2. The Morgan fingerprint density at radius 1 is 1.00 bits per heavy atom. The molecule has 0 saturated carbocycles. The number of hydrogen-bond acceptors (Lipinski definition) is 4. The van der Waals surface area contributed by atoms with E-state index in [9.17, 15) is 18.0 Å². The molecule has 7 nitrogen and oxygen atoms in total. The van der Waals surface area contributed by atoms with E-state index in [1.807, 2.05) is 51.1 Å². The molecule has 0 fully saturated rings. The highest BCUT2D eigenvalue weighted by Crippen LogP contribution is 2.21. The third kappa shape index (κ3) is 8.02. The molecule has 2 rings (SSSR count). The van der Waals surface area contributed by atoms with Crippen molar-refractivity contribution in [2.24, 2.45) is 0 Å². The van der Waals surface area contributed by atoms with Gasteiger partial charge in [0.1, 0.15) is 12.6 Å². The first-order valence-electron chi connectivity index (χ1n) is 11.4. The number of hydrogen-bond donors (Lipinski definition) is 1. The van der Waals surface area contributed by atoms with Gasteiger partial charge in [-0.2, -0.15) is 0 Å². The molecule has 186 valence electrons. The van der Waals surface area contributed by atoms with E-state index < -0.39 is 28.5 Å². The molecule has 1 N–H and O–H groups in total. The molecule has 0 saturated heterocycles. The molecule has 2 aromatic rings. The summed E-state index contributed by atoms with van der Waals surface area (Å²) in [7, 11) is -3.76. The second-order valence-electron chi connectivity index (χ2n) is 8.31. The number of carbonyl (C=O) groups excluding carboxylic acids is 2. The summed E-state index contributed by atoms with van der Waals surface area (Å²) >= 11 is 5.95. The Kier molecular flexibility index (Phi) is 10.4. The Bertz CT molecular complexity index is 1050. The highest BCUT2D eigenvalue weighted by atomic mass is 35.5. The van der Waals surface area contributed by atoms with Crippen LogP contribution in [-0.4, -0.2) is 56.6 Å². The second-order valence-corrected chi connectivity index (χ2v) is 10.7.